The van der Waals surface area contributed by atoms with Crippen molar-refractivity contribution in [3.05, 3.63) is 40.6 Å². The number of anilines is 1. The van der Waals surface area contributed by atoms with Crippen molar-refractivity contribution >= 4 is 31.6 Å². The van der Waals surface area contributed by atoms with E-state index < -0.39 is 10.0 Å². The fourth-order valence-electron chi connectivity index (χ4n) is 1.65. The molecule has 6 nitrogen and oxygen atoms in total. The third-order valence-corrected chi connectivity index (χ3v) is 4.78. The number of hydrogen-bond donors (Lipinski definition) is 2. The molecule has 0 aliphatic heterocycles. The van der Waals surface area contributed by atoms with Gasteiger partial charge in [0.15, 0.2) is 0 Å². The number of ether oxygens (including phenoxy) is 1. The third-order valence-electron chi connectivity index (χ3n) is 2.80. The summed E-state index contributed by atoms with van der Waals surface area (Å²) in [5.41, 5.74) is 0.823. The zero-order chi connectivity index (χ0) is 15.5. The maximum absolute atomic E-state index is 11.6. The first-order valence-corrected chi connectivity index (χ1v) is 8.33. The van der Waals surface area contributed by atoms with Gasteiger partial charge in [0.05, 0.1) is 19.3 Å². The minimum absolute atomic E-state index is 0.105. The molecule has 1 aromatic carbocycles. The normalized spacial score (nSPS) is 11.4. The van der Waals surface area contributed by atoms with E-state index in [0.29, 0.717) is 12.3 Å². The molecule has 2 aromatic rings. The average Bonchev–Trinajstić information content (AvgIpc) is 2.96. The molecule has 114 valence electrons. The second-order valence-electron chi connectivity index (χ2n) is 4.13. The van der Waals surface area contributed by atoms with Gasteiger partial charge in [-0.15, -0.1) is 0 Å². The summed E-state index contributed by atoms with van der Waals surface area (Å²) in [4.78, 5) is 0. The Bertz CT molecular complexity index is 728. The van der Waals surface area contributed by atoms with Crippen LogP contribution in [0.4, 0.5) is 5.69 Å². The molecule has 2 N–H and O–H groups in total. The molecule has 0 saturated heterocycles. The largest absolute Gasteiger partial charge is 0.497 e. The predicted octanol–water partition coefficient (Wildman–Crippen LogP) is 2.57. The van der Waals surface area contributed by atoms with E-state index in [9.17, 15) is 8.42 Å². The Morgan fingerprint density at radius 1 is 1.29 bits per heavy atom. The highest BCUT2D eigenvalue weighted by atomic mass is 79.9. The molecule has 0 amide bonds. The lowest BCUT2D eigenvalue weighted by atomic mass is 10.3. The quantitative estimate of drug-likeness (QED) is 0.811. The van der Waals surface area contributed by atoms with Gasteiger partial charge in [0.1, 0.15) is 11.5 Å². The van der Waals surface area contributed by atoms with Crippen LogP contribution in [-0.4, -0.2) is 22.6 Å². The summed E-state index contributed by atoms with van der Waals surface area (Å²) in [5, 5.41) is 3.05. The average molecular weight is 375 g/mol. The molecule has 1 heterocycles. The van der Waals surface area contributed by atoms with E-state index in [1.165, 1.54) is 13.1 Å². The van der Waals surface area contributed by atoms with Crippen LogP contribution in [0.5, 0.6) is 5.75 Å². The summed E-state index contributed by atoms with van der Waals surface area (Å²) < 4.78 is 36.7. The van der Waals surface area contributed by atoms with Crippen molar-refractivity contribution in [2.45, 2.75) is 11.6 Å². The summed E-state index contributed by atoms with van der Waals surface area (Å²) in [6.07, 6.45) is 0. The molecule has 0 aliphatic carbocycles. The molecule has 2 rings (SSSR count). The molecule has 0 fully saturated rings. The third kappa shape index (κ3) is 3.78. The lowest BCUT2D eigenvalue weighted by Gasteiger charge is -2.09. The lowest BCUT2D eigenvalue weighted by Crippen LogP contribution is -2.17. The molecule has 0 bridgehead atoms. The van der Waals surface area contributed by atoms with Gasteiger partial charge in [-0.3, -0.25) is 0 Å². The van der Waals surface area contributed by atoms with E-state index in [-0.39, 0.29) is 5.09 Å². The first kappa shape index (κ1) is 15.9. The molecule has 0 saturated carbocycles. The van der Waals surface area contributed by atoms with Crippen LogP contribution >= 0.6 is 15.9 Å². The van der Waals surface area contributed by atoms with Gasteiger partial charge in [-0.1, -0.05) is 0 Å². The number of methoxy groups -OCH3 is 1. The summed E-state index contributed by atoms with van der Waals surface area (Å²) >= 11 is 3.43. The minimum Gasteiger partial charge on any atom is -0.497 e. The second kappa shape index (κ2) is 6.50. The molecule has 0 atom stereocenters. The highest BCUT2D eigenvalue weighted by Crippen LogP contribution is 2.27. The lowest BCUT2D eigenvalue weighted by molar-refractivity contribution is 0.414. The van der Waals surface area contributed by atoms with Gasteiger partial charge in [-0.25, -0.2) is 13.1 Å². The summed E-state index contributed by atoms with van der Waals surface area (Å²) in [6, 6.07) is 8.56. The van der Waals surface area contributed by atoms with Crippen molar-refractivity contribution in [1.29, 1.82) is 0 Å². The van der Waals surface area contributed by atoms with Crippen LogP contribution in [0.15, 0.2) is 44.3 Å². The maximum Gasteiger partial charge on any atom is 0.273 e. The van der Waals surface area contributed by atoms with Crippen molar-refractivity contribution in [2.24, 2.45) is 0 Å². The van der Waals surface area contributed by atoms with Gasteiger partial charge in [-0.2, -0.15) is 0 Å². The van der Waals surface area contributed by atoms with Gasteiger partial charge >= 0.3 is 0 Å². The topological polar surface area (TPSA) is 80.6 Å². The van der Waals surface area contributed by atoms with Crippen molar-refractivity contribution in [2.75, 3.05) is 19.5 Å². The van der Waals surface area contributed by atoms with Crippen LogP contribution in [0.25, 0.3) is 0 Å². The summed E-state index contributed by atoms with van der Waals surface area (Å²) in [7, 11) is -0.625. The number of rotatable bonds is 6. The van der Waals surface area contributed by atoms with E-state index in [4.69, 9.17) is 9.15 Å². The Morgan fingerprint density at radius 2 is 2.05 bits per heavy atom. The fraction of sp³-hybridized carbons (Fsp3) is 0.231. The SMILES string of the molecule is CNS(=O)(=O)c1ccc(CNc2cc(OC)ccc2Br)o1. The number of halogens is 1. The van der Waals surface area contributed by atoms with Gasteiger partial charge in [0, 0.05) is 10.5 Å². The summed E-state index contributed by atoms with van der Waals surface area (Å²) in [5.74, 6) is 1.23. The zero-order valence-corrected chi connectivity index (χ0v) is 13.9. The number of hydrogen-bond acceptors (Lipinski definition) is 5. The van der Waals surface area contributed by atoms with Gasteiger partial charge in [-0.05, 0) is 47.2 Å². The molecule has 0 radical (unpaired) electrons. The molecular weight excluding hydrogens is 360 g/mol. The van der Waals surface area contributed by atoms with Crippen LogP contribution in [0.2, 0.25) is 0 Å². The van der Waals surface area contributed by atoms with Crippen molar-refractivity contribution in [3.63, 3.8) is 0 Å². The molecule has 0 spiro atoms. The maximum atomic E-state index is 11.6. The Balaban J connectivity index is 2.10. The Morgan fingerprint density at radius 3 is 2.71 bits per heavy atom. The monoisotopic (exact) mass is 374 g/mol. The molecule has 21 heavy (non-hydrogen) atoms. The smallest absolute Gasteiger partial charge is 0.273 e. The van der Waals surface area contributed by atoms with E-state index in [0.717, 1.165) is 15.9 Å². The number of sulfonamides is 1. The Kier molecular flexibility index (Phi) is 4.92. The first-order valence-electron chi connectivity index (χ1n) is 6.06. The zero-order valence-electron chi connectivity index (χ0n) is 11.5. The van der Waals surface area contributed by atoms with Crippen molar-refractivity contribution < 1.29 is 17.6 Å². The molecule has 1 aromatic heterocycles. The van der Waals surface area contributed by atoms with Crippen LogP contribution in [0.3, 0.4) is 0 Å². The Labute approximate surface area is 131 Å². The van der Waals surface area contributed by atoms with E-state index in [2.05, 4.69) is 26.0 Å². The number of furan rings is 1. The van der Waals surface area contributed by atoms with E-state index >= 15 is 0 Å². The molecule has 0 unspecified atom stereocenters. The van der Waals surface area contributed by atoms with Gasteiger partial charge < -0.3 is 14.5 Å². The first-order chi connectivity index (χ1) is 9.96. The van der Waals surface area contributed by atoms with Crippen molar-refractivity contribution in [3.8, 4) is 5.75 Å². The van der Waals surface area contributed by atoms with E-state index in [1.807, 2.05) is 18.2 Å². The van der Waals surface area contributed by atoms with Gasteiger partial charge in [0.2, 0.25) is 5.09 Å². The molecular formula is C13H15BrN2O4S. The molecule has 8 heteroatoms. The number of nitrogens with one attached hydrogen (secondary N) is 2. The van der Waals surface area contributed by atoms with Crippen LogP contribution < -0.4 is 14.8 Å². The summed E-state index contributed by atoms with van der Waals surface area (Å²) in [6.45, 7) is 0.352. The van der Waals surface area contributed by atoms with Crippen LogP contribution in [-0.2, 0) is 16.6 Å². The standard InChI is InChI=1S/C13H15BrN2O4S/c1-15-21(17,18)13-6-4-10(20-13)8-16-12-7-9(19-2)3-5-11(12)14/h3-7,15-16H,8H2,1-2H3. The van der Waals surface area contributed by atoms with Crippen LogP contribution in [0, 0.1) is 0 Å². The molecule has 0 aliphatic rings. The predicted molar refractivity (Wildman–Crippen MR) is 83.0 cm³/mol. The van der Waals surface area contributed by atoms with Gasteiger partial charge in [0.25, 0.3) is 10.0 Å². The number of benzene rings is 1. The minimum atomic E-state index is -3.55. The highest BCUT2D eigenvalue weighted by Gasteiger charge is 2.16. The second-order valence-corrected chi connectivity index (χ2v) is 6.80. The Hall–Kier alpha value is -1.51. The van der Waals surface area contributed by atoms with Crippen LogP contribution in [0.1, 0.15) is 5.76 Å². The van der Waals surface area contributed by atoms with E-state index in [1.54, 1.807) is 13.2 Å². The highest BCUT2D eigenvalue weighted by molar-refractivity contribution is 9.10. The van der Waals surface area contributed by atoms with Crippen molar-refractivity contribution in [1.82, 2.24) is 4.72 Å². The fourth-order valence-corrected chi connectivity index (χ4v) is 2.70.